The van der Waals surface area contributed by atoms with Crippen LogP contribution in [-0.2, 0) is 6.61 Å². The van der Waals surface area contributed by atoms with Crippen LogP contribution in [-0.4, -0.2) is 9.55 Å². The zero-order chi connectivity index (χ0) is 18.1. The molecule has 0 fully saturated rings. The maximum absolute atomic E-state index is 6.07. The van der Waals surface area contributed by atoms with Gasteiger partial charge >= 0.3 is 0 Å². The second kappa shape index (κ2) is 7.20. The molecular weight excluding hydrogens is 391 g/mol. The van der Waals surface area contributed by atoms with E-state index in [1.54, 1.807) is 12.1 Å². The van der Waals surface area contributed by atoms with E-state index in [-0.39, 0.29) is 0 Å². The maximum atomic E-state index is 6.07. The van der Waals surface area contributed by atoms with Gasteiger partial charge in [0.15, 0.2) is 0 Å². The molecule has 130 valence electrons. The van der Waals surface area contributed by atoms with Gasteiger partial charge in [-0.05, 0) is 54.1 Å². The number of ether oxygens (including phenoxy) is 1. The molecule has 0 aliphatic heterocycles. The molecule has 0 aliphatic carbocycles. The van der Waals surface area contributed by atoms with Gasteiger partial charge in [0.1, 0.15) is 22.7 Å². The first-order valence-corrected chi connectivity index (χ1v) is 9.04. The predicted octanol–water partition coefficient (Wildman–Crippen LogP) is 6.56. The van der Waals surface area contributed by atoms with Crippen molar-refractivity contribution in [1.29, 1.82) is 0 Å². The lowest BCUT2D eigenvalue weighted by atomic mass is 10.2. The Morgan fingerprint density at radius 2 is 1.69 bits per heavy atom. The summed E-state index contributed by atoms with van der Waals surface area (Å²) < 4.78 is 7.99. The maximum Gasteiger partial charge on any atom is 0.131 e. The Labute approximate surface area is 165 Å². The van der Waals surface area contributed by atoms with Gasteiger partial charge in [-0.15, -0.1) is 0 Å². The summed E-state index contributed by atoms with van der Waals surface area (Å²) in [5.74, 6) is 0.752. The van der Waals surface area contributed by atoms with Crippen LogP contribution in [0, 0.1) is 0 Å². The van der Waals surface area contributed by atoms with Crippen LogP contribution in [0.5, 0.6) is 5.75 Å². The molecule has 4 rings (SSSR count). The number of fused-ring (bicyclic) bond motifs is 1. The van der Waals surface area contributed by atoms with Crippen molar-refractivity contribution in [3.8, 4) is 11.4 Å². The Morgan fingerprint density at radius 1 is 0.885 bits per heavy atom. The summed E-state index contributed by atoms with van der Waals surface area (Å²) in [6.45, 7) is 0.355. The fraction of sp³-hybridized carbons (Fsp3) is 0.0500. The molecule has 0 atom stereocenters. The summed E-state index contributed by atoms with van der Waals surface area (Å²) in [6, 6.07) is 19.2. The molecule has 2 aromatic carbocycles. The van der Waals surface area contributed by atoms with Crippen LogP contribution in [0.25, 0.3) is 16.6 Å². The van der Waals surface area contributed by atoms with Crippen LogP contribution in [0.3, 0.4) is 0 Å². The average Bonchev–Trinajstić information content (AvgIpc) is 3.02. The highest BCUT2D eigenvalue weighted by molar-refractivity contribution is 6.32. The zero-order valence-electron chi connectivity index (χ0n) is 13.5. The van der Waals surface area contributed by atoms with Crippen molar-refractivity contribution in [2.24, 2.45) is 0 Å². The van der Waals surface area contributed by atoms with E-state index < -0.39 is 0 Å². The van der Waals surface area contributed by atoms with Crippen molar-refractivity contribution < 1.29 is 4.74 Å². The molecule has 3 nitrogen and oxygen atoms in total. The molecular formula is C20H13Cl3N2O. The minimum atomic E-state index is 0.349. The fourth-order valence-electron chi connectivity index (χ4n) is 2.83. The third-order valence-electron chi connectivity index (χ3n) is 3.98. The Balaban J connectivity index is 1.60. The second-order valence-electron chi connectivity index (χ2n) is 5.80. The van der Waals surface area contributed by atoms with Crippen molar-refractivity contribution in [2.45, 2.75) is 6.61 Å². The highest BCUT2D eigenvalue weighted by atomic mass is 35.5. The first-order valence-electron chi connectivity index (χ1n) is 7.90. The lowest BCUT2D eigenvalue weighted by molar-refractivity contribution is 0.306. The van der Waals surface area contributed by atoms with Crippen LogP contribution in [0.2, 0.25) is 15.3 Å². The number of rotatable bonds is 4. The predicted molar refractivity (Wildman–Crippen MR) is 107 cm³/mol. The van der Waals surface area contributed by atoms with E-state index in [1.165, 1.54) is 0 Å². The molecule has 0 saturated carbocycles. The van der Waals surface area contributed by atoms with E-state index in [0.717, 1.165) is 32.9 Å². The third-order valence-corrected chi connectivity index (χ3v) is 4.60. The number of halogens is 3. The van der Waals surface area contributed by atoms with Crippen molar-refractivity contribution in [3.05, 3.63) is 87.8 Å². The van der Waals surface area contributed by atoms with Gasteiger partial charge in [0.2, 0.25) is 0 Å². The molecule has 26 heavy (non-hydrogen) atoms. The van der Waals surface area contributed by atoms with Crippen molar-refractivity contribution in [1.82, 2.24) is 9.55 Å². The van der Waals surface area contributed by atoms with E-state index in [2.05, 4.69) is 9.55 Å². The number of pyridine rings is 1. The van der Waals surface area contributed by atoms with E-state index in [9.17, 15) is 0 Å². The number of benzene rings is 2. The van der Waals surface area contributed by atoms with Gasteiger partial charge in [-0.1, -0.05) is 40.9 Å². The number of aromatic nitrogens is 2. The molecule has 0 bridgehead atoms. The Kier molecular flexibility index (Phi) is 4.77. The standard InChI is InChI=1S/C20H13Cl3N2O/c21-15-4-5-18-14(10-15)6-7-25(18)16-2-1-3-17(11-16)26-12-13-8-19(22)24-20(23)9-13/h1-11H,12H2. The second-order valence-corrected chi connectivity index (χ2v) is 7.01. The molecule has 0 N–H and O–H groups in total. The first kappa shape index (κ1) is 17.2. The van der Waals surface area contributed by atoms with Gasteiger partial charge < -0.3 is 9.30 Å². The molecule has 0 unspecified atom stereocenters. The molecule has 2 aromatic heterocycles. The van der Waals surface area contributed by atoms with Crippen LogP contribution in [0.1, 0.15) is 5.56 Å². The largest absolute Gasteiger partial charge is 0.489 e. The summed E-state index contributed by atoms with van der Waals surface area (Å²) >= 11 is 17.9. The summed E-state index contributed by atoms with van der Waals surface area (Å²) in [6.07, 6.45) is 2.02. The van der Waals surface area contributed by atoms with E-state index >= 15 is 0 Å². The highest BCUT2D eigenvalue weighted by Crippen LogP contribution is 2.26. The van der Waals surface area contributed by atoms with Crippen LogP contribution in [0.4, 0.5) is 0 Å². The van der Waals surface area contributed by atoms with Crippen molar-refractivity contribution >= 4 is 45.7 Å². The molecule has 0 amide bonds. The van der Waals surface area contributed by atoms with E-state index in [1.807, 2.05) is 54.7 Å². The normalized spacial score (nSPS) is 11.0. The molecule has 0 radical (unpaired) electrons. The minimum absolute atomic E-state index is 0.349. The monoisotopic (exact) mass is 402 g/mol. The number of hydrogen-bond acceptors (Lipinski definition) is 2. The van der Waals surface area contributed by atoms with E-state index in [0.29, 0.717) is 16.9 Å². The summed E-state index contributed by atoms with van der Waals surface area (Å²) in [7, 11) is 0. The molecule has 0 spiro atoms. The molecule has 0 saturated heterocycles. The molecule has 2 heterocycles. The van der Waals surface area contributed by atoms with E-state index in [4.69, 9.17) is 39.5 Å². The number of hydrogen-bond donors (Lipinski definition) is 0. The van der Waals surface area contributed by atoms with Crippen molar-refractivity contribution in [3.63, 3.8) is 0 Å². The van der Waals surface area contributed by atoms with Gasteiger partial charge in [-0.3, -0.25) is 0 Å². The number of nitrogens with zero attached hydrogens (tertiary/aromatic N) is 2. The highest BCUT2D eigenvalue weighted by Gasteiger charge is 2.06. The quantitative estimate of drug-likeness (QED) is 0.361. The third kappa shape index (κ3) is 3.65. The summed E-state index contributed by atoms with van der Waals surface area (Å²) in [5.41, 5.74) is 2.95. The SMILES string of the molecule is Clc1ccc2c(ccn2-c2cccc(OCc3cc(Cl)nc(Cl)c3)c2)c1. The topological polar surface area (TPSA) is 27.1 Å². The van der Waals surface area contributed by atoms with Crippen LogP contribution < -0.4 is 4.74 Å². The lowest BCUT2D eigenvalue weighted by Gasteiger charge is -2.10. The fourth-order valence-corrected chi connectivity index (χ4v) is 3.51. The Morgan fingerprint density at radius 3 is 2.50 bits per heavy atom. The summed E-state index contributed by atoms with van der Waals surface area (Å²) in [4.78, 5) is 3.93. The van der Waals surface area contributed by atoms with Gasteiger partial charge in [0, 0.05) is 28.4 Å². The molecule has 0 aliphatic rings. The van der Waals surface area contributed by atoms with Gasteiger partial charge in [0.05, 0.1) is 5.52 Å². The molecule has 4 aromatic rings. The Hall–Kier alpha value is -2.20. The van der Waals surface area contributed by atoms with Gasteiger partial charge in [0.25, 0.3) is 0 Å². The minimum Gasteiger partial charge on any atom is -0.489 e. The first-order chi connectivity index (χ1) is 12.6. The zero-order valence-corrected chi connectivity index (χ0v) is 15.8. The smallest absolute Gasteiger partial charge is 0.131 e. The average molecular weight is 404 g/mol. The summed E-state index contributed by atoms with van der Waals surface area (Å²) in [5, 5.41) is 2.51. The lowest BCUT2D eigenvalue weighted by Crippen LogP contribution is -1.98. The van der Waals surface area contributed by atoms with Gasteiger partial charge in [-0.25, -0.2) is 4.98 Å². The van der Waals surface area contributed by atoms with Crippen molar-refractivity contribution in [2.75, 3.05) is 0 Å². The van der Waals surface area contributed by atoms with Crippen LogP contribution in [0.15, 0.2) is 66.9 Å². The Bertz CT molecular complexity index is 1070. The molecule has 6 heteroatoms. The van der Waals surface area contributed by atoms with Crippen LogP contribution >= 0.6 is 34.8 Å². The van der Waals surface area contributed by atoms with Gasteiger partial charge in [-0.2, -0.15) is 0 Å².